The highest BCUT2D eigenvalue weighted by molar-refractivity contribution is 6.31. The van der Waals surface area contributed by atoms with Gasteiger partial charge in [-0.2, -0.15) is 13.2 Å². The number of halogens is 6. The van der Waals surface area contributed by atoms with Gasteiger partial charge in [0.25, 0.3) is 0 Å². The third-order valence-corrected chi connectivity index (χ3v) is 5.12. The Bertz CT molecular complexity index is 930. The molecule has 1 aliphatic heterocycles. The van der Waals surface area contributed by atoms with E-state index in [1.54, 1.807) is 24.3 Å². The van der Waals surface area contributed by atoms with Crippen molar-refractivity contribution in [2.24, 2.45) is 0 Å². The molecule has 1 amide bonds. The molecular formula is C20H18Cl2F4N2O3. The molecule has 0 spiro atoms. The zero-order chi connectivity index (χ0) is 22.6. The minimum atomic E-state index is -4.80. The molecule has 0 saturated carbocycles. The van der Waals surface area contributed by atoms with Crippen molar-refractivity contribution in [3.63, 3.8) is 0 Å². The fraction of sp³-hybridized carbons (Fsp3) is 0.350. The molecule has 11 heteroatoms. The summed E-state index contributed by atoms with van der Waals surface area (Å²) in [5, 5.41) is 2.38. The number of nitrogens with zero attached hydrogens (tertiary/aromatic N) is 1. The van der Waals surface area contributed by atoms with Crippen LogP contribution in [0.3, 0.4) is 0 Å². The van der Waals surface area contributed by atoms with E-state index in [1.165, 1.54) is 11.0 Å². The van der Waals surface area contributed by atoms with E-state index in [1.807, 2.05) is 0 Å². The number of alkyl halides is 3. The molecule has 0 aromatic heterocycles. The molecule has 5 nitrogen and oxygen atoms in total. The van der Waals surface area contributed by atoms with Gasteiger partial charge in [0.2, 0.25) is 6.10 Å². The highest BCUT2D eigenvalue weighted by atomic mass is 35.5. The number of morpholine rings is 1. The van der Waals surface area contributed by atoms with Crippen LogP contribution in [0.25, 0.3) is 0 Å². The van der Waals surface area contributed by atoms with Gasteiger partial charge >= 0.3 is 12.3 Å². The molecule has 0 unspecified atom stereocenters. The molecule has 2 aromatic carbocycles. The highest BCUT2D eigenvalue weighted by Gasteiger charge is 2.44. The molecule has 1 heterocycles. The molecule has 1 aliphatic rings. The van der Waals surface area contributed by atoms with Crippen LogP contribution in [-0.2, 0) is 9.47 Å². The van der Waals surface area contributed by atoms with E-state index in [4.69, 9.17) is 27.9 Å². The van der Waals surface area contributed by atoms with Gasteiger partial charge in [0.15, 0.2) is 0 Å². The van der Waals surface area contributed by atoms with Gasteiger partial charge in [-0.25, -0.2) is 9.18 Å². The summed E-state index contributed by atoms with van der Waals surface area (Å²) in [5.41, 5.74) is 0.657. The molecule has 0 radical (unpaired) electrons. The highest BCUT2D eigenvalue weighted by Crippen LogP contribution is 2.28. The monoisotopic (exact) mass is 480 g/mol. The summed E-state index contributed by atoms with van der Waals surface area (Å²) in [4.78, 5) is 13.5. The predicted octanol–water partition coefficient (Wildman–Crippen LogP) is 5.69. The maximum atomic E-state index is 13.5. The molecule has 3 rings (SSSR count). The number of benzene rings is 2. The Morgan fingerprint density at radius 1 is 1.26 bits per heavy atom. The molecule has 0 aliphatic carbocycles. The summed E-state index contributed by atoms with van der Waals surface area (Å²) in [5.74, 6) is -0.827. The fourth-order valence-electron chi connectivity index (χ4n) is 3.07. The Balaban J connectivity index is 1.64. The maximum absolute atomic E-state index is 13.5. The quantitative estimate of drug-likeness (QED) is 0.558. The SMILES string of the molecule is O=C(Nc1ccc(Cl)c(F)c1)O[C@@H](CN1CCO[C@@H](c2cccc(Cl)c2)C1)C(F)(F)F. The zero-order valence-electron chi connectivity index (χ0n) is 16.0. The molecule has 2 atom stereocenters. The van der Waals surface area contributed by atoms with E-state index in [-0.39, 0.29) is 30.4 Å². The van der Waals surface area contributed by atoms with Crippen molar-refractivity contribution in [2.45, 2.75) is 18.4 Å². The largest absolute Gasteiger partial charge is 0.435 e. The van der Waals surface area contributed by atoms with Crippen molar-refractivity contribution in [1.82, 2.24) is 4.90 Å². The molecule has 168 valence electrons. The average molecular weight is 481 g/mol. The van der Waals surface area contributed by atoms with E-state index in [9.17, 15) is 22.4 Å². The van der Waals surface area contributed by atoms with Crippen LogP contribution in [-0.4, -0.2) is 49.5 Å². The first-order valence-corrected chi connectivity index (χ1v) is 9.96. The van der Waals surface area contributed by atoms with Crippen molar-refractivity contribution in [3.05, 3.63) is 63.9 Å². The molecular weight excluding hydrogens is 463 g/mol. The minimum absolute atomic E-state index is 0.0831. The van der Waals surface area contributed by atoms with Crippen LogP contribution < -0.4 is 5.32 Å². The molecule has 1 saturated heterocycles. The average Bonchev–Trinajstić information content (AvgIpc) is 2.70. The lowest BCUT2D eigenvalue weighted by Gasteiger charge is -2.35. The number of rotatable bonds is 5. The molecule has 0 bridgehead atoms. The van der Waals surface area contributed by atoms with Crippen LogP contribution in [0.5, 0.6) is 0 Å². The van der Waals surface area contributed by atoms with Gasteiger partial charge < -0.3 is 9.47 Å². The summed E-state index contributed by atoms with van der Waals surface area (Å²) < 4.78 is 64.2. The number of amides is 1. The van der Waals surface area contributed by atoms with E-state index in [0.29, 0.717) is 5.02 Å². The Labute approximate surface area is 185 Å². The van der Waals surface area contributed by atoms with Crippen molar-refractivity contribution in [2.75, 3.05) is 31.6 Å². The van der Waals surface area contributed by atoms with Crippen molar-refractivity contribution >= 4 is 35.0 Å². The number of hydrogen-bond acceptors (Lipinski definition) is 4. The zero-order valence-corrected chi connectivity index (χ0v) is 17.5. The lowest BCUT2D eigenvalue weighted by Crippen LogP contribution is -2.48. The first-order chi connectivity index (χ1) is 14.6. The third-order valence-electron chi connectivity index (χ3n) is 4.58. The Morgan fingerprint density at radius 3 is 2.71 bits per heavy atom. The molecule has 1 N–H and O–H groups in total. The van der Waals surface area contributed by atoms with Crippen molar-refractivity contribution in [3.8, 4) is 0 Å². The standard InChI is InChI=1S/C20H18Cl2F4N2O3/c21-13-3-1-2-12(8-13)17-10-28(6-7-30-17)11-18(20(24,25)26)31-19(29)27-14-4-5-15(22)16(23)9-14/h1-5,8-9,17-18H,6-7,10-11H2,(H,27,29)/t17-,18+/m1/s1. The van der Waals surface area contributed by atoms with Crippen LogP contribution in [0.1, 0.15) is 11.7 Å². The second kappa shape index (κ2) is 10.0. The van der Waals surface area contributed by atoms with Crippen LogP contribution in [0, 0.1) is 5.82 Å². The van der Waals surface area contributed by atoms with Crippen LogP contribution in [0.4, 0.5) is 28.0 Å². The van der Waals surface area contributed by atoms with E-state index in [0.717, 1.165) is 17.7 Å². The summed E-state index contributed by atoms with van der Waals surface area (Å²) in [7, 11) is 0. The topological polar surface area (TPSA) is 50.8 Å². The van der Waals surface area contributed by atoms with Crippen LogP contribution >= 0.6 is 23.2 Å². The number of hydrogen-bond donors (Lipinski definition) is 1. The predicted molar refractivity (Wildman–Crippen MR) is 108 cm³/mol. The molecule has 2 aromatic rings. The number of anilines is 1. The summed E-state index contributed by atoms with van der Waals surface area (Å²) in [6.45, 7) is 0.0294. The van der Waals surface area contributed by atoms with Gasteiger partial charge in [0.05, 0.1) is 17.7 Å². The van der Waals surface area contributed by atoms with Crippen LogP contribution in [0.15, 0.2) is 42.5 Å². The molecule has 31 heavy (non-hydrogen) atoms. The smallest absolute Gasteiger partial charge is 0.426 e. The van der Waals surface area contributed by atoms with Gasteiger partial charge in [-0.15, -0.1) is 0 Å². The fourth-order valence-corrected chi connectivity index (χ4v) is 3.39. The summed E-state index contributed by atoms with van der Waals surface area (Å²) >= 11 is 11.5. The number of carbonyl (C=O) groups is 1. The van der Waals surface area contributed by atoms with Crippen LogP contribution in [0.2, 0.25) is 10.0 Å². The van der Waals surface area contributed by atoms with E-state index < -0.39 is 36.8 Å². The lowest BCUT2D eigenvalue weighted by molar-refractivity contribution is -0.209. The first kappa shape index (κ1) is 23.6. The minimum Gasteiger partial charge on any atom is -0.435 e. The normalized spacial score (nSPS) is 18.5. The van der Waals surface area contributed by atoms with E-state index >= 15 is 0 Å². The third kappa shape index (κ3) is 6.70. The number of carbonyl (C=O) groups excluding carboxylic acids is 1. The second-order valence-electron chi connectivity index (χ2n) is 6.86. The Kier molecular flexibility index (Phi) is 7.64. The van der Waals surface area contributed by atoms with Gasteiger partial charge in [-0.3, -0.25) is 10.2 Å². The summed E-state index contributed by atoms with van der Waals surface area (Å²) in [6.07, 6.45) is -9.01. The lowest BCUT2D eigenvalue weighted by atomic mass is 10.1. The number of nitrogens with one attached hydrogen (secondary N) is 1. The Hall–Kier alpha value is -2.07. The maximum Gasteiger partial charge on any atom is 0.426 e. The van der Waals surface area contributed by atoms with Crippen molar-refractivity contribution in [1.29, 1.82) is 0 Å². The van der Waals surface area contributed by atoms with Crippen molar-refractivity contribution < 1.29 is 31.8 Å². The second-order valence-corrected chi connectivity index (χ2v) is 7.71. The molecule has 1 fully saturated rings. The van der Waals surface area contributed by atoms with Gasteiger partial charge in [-0.1, -0.05) is 35.3 Å². The Morgan fingerprint density at radius 2 is 2.03 bits per heavy atom. The van der Waals surface area contributed by atoms with Gasteiger partial charge in [-0.05, 0) is 35.9 Å². The first-order valence-electron chi connectivity index (χ1n) is 9.20. The van der Waals surface area contributed by atoms with Gasteiger partial charge in [0, 0.05) is 30.3 Å². The summed E-state index contributed by atoms with van der Waals surface area (Å²) in [6, 6.07) is 10.2. The van der Waals surface area contributed by atoms with Gasteiger partial charge in [0.1, 0.15) is 5.82 Å². The van der Waals surface area contributed by atoms with E-state index in [2.05, 4.69) is 10.1 Å². The number of ether oxygens (including phenoxy) is 2.